The number of benzene rings is 3. The minimum absolute atomic E-state index is 0.126. The first kappa shape index (κ1) is 21.7. The standard InChI is InChI=1S/C31H19N3O2Se/c35-29-22-11-4-5-12-23(22)30(36)24(29)19-21-16-17-28(37-21)34-26-14-7-6-13-25(26)33(20-9-2-1-3-10-20)27-15-8-18-32-31(27)34/h1-19H. The summed E-state index contributed by atoms with van der Waals surface area (Å²) in [7, 11) is 0. The van der Waals surface area contributed by atoms with Gasteiger partial charge in [-0.25, -0.2) is 0 Å². The summed E-state index contributed by atoms with van der Waals surface area (Å²) in [4.78, 5) is 35.1. The van der Waals surface area contributed by atoms with Gasteiger partial charge >= 0.3 is 220 Å². The number of anilines is 6. The van der Waals surface area contributed by atoms with Crippen molar-refractivity contribution in [2.24, 2.45) is 0 Å². The summed E-state index contributed by atoms with van der Waals surface area (Å²) in [6, 6.07) is 33.8. The van der Waals surface area contributed by atoms with Gasteiger partial charge in [0.15, 0.2) is 0 Å². The molecule has 176 valence electrons. The molecule has 0 saturated heterocycles. The quantitative estimate of drug-likeness (QED) is 0.139. The van der Waals surface area contributed by atoms with E-state index in [-0.39, 0.29) is 31.6 Å². The Hall–Kier alpha value is -4.51. The number of carbonyl (C=O) groups is 2. The first-order chi connectivity index (χ1) is 18.2. The molecule has 2 aliphatic rings. The third kappa shape index (κ3) is 3.42. The Bertz CT molecular complexity index is 1650. The van der Waals surface area contributed by atoms with E-state index in [1.54, 1.807) is 30.3 Å². The average Bonchev–Trinajstić information content (AvgIpc) is 3.51. The Morgan fingerprint density at radius 3 is 1.97 bits per heavy atom. The summed E-state index contributed by atoms with van der Waals surface area (Å²) in [5.41, 5.74) is 5.38. The summed E-state index contributed by atoms with van der Waals surface area (Å²) in [5.74, 6) is 0.458. The number of aromatic nitrogens is 1. The SMILES string of the molecule is O=C1C(=Cc2ccc(N3c4ccccc4N(c4ccccc4)c4cccnc43)[se]2)C(=O)c2ccccc21. The van der Waals surface area contributed by atoms with E-state index >= 15 is 0 Å². The van der Waals surface area contributed by atoms with Gasteiger partial charge in [-0.05, 0) is 0 Å². The van der Waals surface area contributed by atoms with Gasteiger partial charge in [0.25, 0.3) is 0 Å². The van der Waals surface area contributed by atoms with Crippen LogP contribution in [0.4, 0.5) is 33.1 Å². The van der Waals surface area contributed by atoms with Crippen molar-refractivity contribution < 1.29 is 9.59 Å². The Balaban J connectivity index is 1.33. The van der Waals surface area contributed by atoms with E-state index in [0.29, 0.717) is 11.1 Å². The van der Waals surface area contributed by atoms with E-state index in [4.69, 9.17) is 4.98 Å². The number of hydrogen-bond donors (Lipinski definition) is 0. The van der Waals surface area contributed by atoms with Crippen molar-refractivity contribution in [2.75, 3.05) is 9.80 Å². The number of rotatable bonds is 3. The number of nitrogens with zero attached hydrogens (tertiary/aromatic N) is 3. The normalized spacial score (nSPS) is 13.9. The van der Waals surface area contributed by atoms with Crippen LogP contribution >= 0.6 is 0 Å². The van der Waals surface area contributed by atoms with Crippen molar-refractivity contribution in [3.05, 3.63) is 130 Å². The van der Waals surface area contributed by atoms with Crippen LogP contribution in [0.1, 0.15) is 25.2 Å². The molecule has 7 rings (SSSR count). The molecule has 0 unspecified atom stereocenters. The van der Waals surface area contributed by atoms with Crippen LogP contribution in [0.15, 0.2) is 115 Å². The number of carbonyl (C=O) groups excluding carboxylic acids is 2. The summed E-state index contributed by atoms with van der Waals surface area (Å²) in [6.45, 7) is 0. The molecule has 0 amide bonds. The predicted octanol–water partition coefficient (Wildman–Crippen LogP) is 6.85. The van der Waals surface area contributed by atoms with Crippen LogP contribution in [0, 0.1) is 0 Å². The fourth-order valence-corrected chi connectivity index (χ4v) is 7.01. The van der Waals surface area contributed by atoms with Gasteiger partial charge in [-0.1, -0.05) is 0 Å². The third-order valence-electron chi connectivity index (χ3n) is 6.62. The Morgan fingerprint density at radius 2 is 1.24 bits per heavy atom. The van der Waals surface area contributed by atoms with Gasteiger partial charge in [0.2, 0.25) is 0 Å². The van der Waals surface area contributed by atoms with Crippen molar-refractivity contribution in [3.63, 3.8) is 0 Å². The third-order valence-corrected chi connectivity index (χ3v) is 8.76. The number of Topliss-reactive ketones (excluding diaryl/α,β-unsaturated/α-hetero) is 2. The van der Waals surface area contributed by atoms with Gasteiger partial charge in [0, 0.05) is 0 Å². The summed E-state index contributed by atoms with van der Waals surface area (Å²) < 4.78 is 2.07. The molecule has 37 heavy (non-hydrogen) atoms. The van der Waals surface area contributed by atoms with Crippen molar-refractivity contribution >= 4 is 65.3 Å². The van der Waals surface area contributed by atoms with Gasteiger partial charge < -0.3 is 0 Å². The van der Waals surface area contributed by atoms with Crippen LogP contribution in [0.5, 0.6) is 0 Å². The zero-order valence-corrected chi connectivity index (χ0v) is 21.2. The number of pyridine rings is 1. The topological polar surface area (TPSA) is 53.5 Å². The van der Waals surface area contributed by atoms with E-state index < -0.39 is 0 Å². The molecule has 0 bridgehead atoms. The number of fused-ring (bicyclic) bond motifs is 3. The second kappa shape index (κ2) is 8.56. The number of hydrogen-bond acceptors (Lipinski definition) is 5. The zero-order valence-electron chi connectivity index (χ0n) is 19.5. The minimum atomic E-state index is -0.195. The van der Waals surface area contributed by atoms with Gasteiger partial charge in [-0.15, -0.1) is 0 Å². The molecule has 0 fully saturated rings. The molecule has 0 spiro atoms. The van der Waals surface area contributed by atoms with Crippen molar-refractivity contribution in [1.29, 1.82) is 0 Å². The molecule has 5 aromatic rings. The van der Waals surface area contributed by atoms with Crippen molar-refractivity contribution in [1.82, 2.24) is 4.98 Å². The first-order valence-electron chi connectivity index (χ1n) is 11.9. The summed E-state index contributed by atoms with van der Waals surface area (Å²) in [6.07, 6.45) is 3.59. The molecule has 5 nitrogen and oxygen atoms in total. The maximum absolute atomic E-state index is 12.9. The molecule has 0 radical (unpaired) electrons. The molecule has 6 heteroatoms. The Kier molecular flexibility index (Phi) is 5.03. The van der Waals surface area contributed by atoms with Crippen LogP contribution < -0.4 is 9.80 Å². The molecule has 0 N–H and O–H groups in total. The average molecular weight is 544 g/mol. The molecule has 1 aliphatic carbocycles. The molecule has 0 atom stereocenters. The van der Waals surface area contributed by atoms with E-state index in [1.807, 2.05) is 48.7 Å². The summed E-state index contributed by atoms with van der Waals surface area (Å²) in [5, 5.41) is 0. The van der Waals surface area contributed by atoms with Gasteiger partial charge in [0.1, 0.15) is 0 Å². The van der Waals surface area contributed by atoms with Crippen molar-refractivity contribution in [3.8, 4) is 0 Å². The van der Waals surface area contributed by atoms with Crippen LogP contribution in [-0.2, 0) is 0 Å². The molecule has 2 aromatic heterocycles. The second-order valence-electron chi connectivity index (χ2n) is 8.78. The molecule has 0 saturated carbocycles. The fraction of sp³-hybridized carbons (Fsp3) is 0. The molecular formula is C31H19N3O2Se. The van der Waals surface area contributed by atoms with Crippen LogP contribution in [0.3, 0.4) is 0 Å². The van der Waals surface area contributed by atoms with Gasteiger partial charge in [-0.3, -0.25) is 0 Å². The van der Waals surface area contributed by atoms with Crippen molar-refractivity contribution in [2.45, 2.75) is 0 Å². The Labute approximate surface area is 219 Å². The molecule has 1 aliphatic heterocycles. The predicted molar refractivity (Wildman–Crippen MR) is 147 cm³/mol. The second-order valence-corrected chi connectivity index (χ2v) is 11.1. The van der Waals surface area contributed by atoms with Gasteiger partial charge in [-0.2, -0.15) is 0 Å². The first-order valence-corrected chi connectivity index (χ1v) is 13.6. The number of ketones is 2. The zero-order chi connectivity index (χ0) is 24.9. The summed E-state index contributed by atoms with van der Waals surface area (Å²) >= 11 is -0.126. The number of allylic oxidation sites excluding steroid dienone is 1. The van der Waals surface area contributed by atoms with Crippen LogP contribution in [-0.4, -0.2) is 31.1 Å². The monoisotopic (exact) mass is 545 g/mol. The van der Waals surface area contributed by atoms with Gasteiger partial charge in [0.05, 0.1) is 0 Å². The number of para-hydroxylation sites is 3. The van der Waals surface area contributed by atoms with E-state index in [2.05, 4.69) is 46.2 Å². The molecular weight excluding hydrogens is 525 g/mol. The maximum atomic E-state index is 12.9. The molecule has 3 aromatic carbocycles. The van der Waals surface area contributed by atoms with E-state index in [9.17, 15) is 9.59 Å². The van der Waals surface area contributed by atoms with E-state index in [0.717, 1.165) is 37.6 Å². The Morgan fingerprint density at radius 1 is 0.622 bits per heavy atom. The van der Waals surface area contributed by atoms with Crippen LogP contribution in [0.2, 0.25) is 0 Å². The fourth-order valence-electron chi connectivity index (χ4n) is 4.99. The van der Waals surface area contributed by atoms with Crippen LogP contribution in [0.25, 0.3) is 6.08 Å². The van der Waals surface area contributed by atoms with E-state index in [1.165, 1.54) is 0 Å². The molecule has 3 heterocycles.